The molecule has 0 spiro atoms. The van der Waals surface area contributed by atoms with Gasteiger partial charge in [-0.1, -0.05) is 121 Å². The van der Waals surface area contributed by atoms with Gasteiger partial charge in [-0.25, -0.2) is 0 Å². The summed E-state index contributed by atoms with van der Waals surface area (Å²) >= 11 is 0. The van der Waals surface area contributed by atoms with Crippen LogP contribution in [0.3, 0.4) is 0 Å². The van der Waals surface area contributed by atoms with Crippen molar-refractivity contribution in [3.8, 4) is 22.3 Å². The summed E-state index contributed by atoms with van der Waals surface area (Å²) in [6.45, 7) is 0. The minimum Gasteiger partial charge on any atom is -0.456 e. The lowest BCUT2D eigenvalue weighted by atomic mass is 9.98. The molecule has 0 amide bonds. The van der Waals surface area contributed by atoms with Crippen LogP contribution in [0.1, 0.15) is 11.0 Å². The monoisotopic (exact) mass is 595 g/mol. The first kappa shape index (κ1) is 19.3. The second kappa shape index (κ2) is 10.8. The second-order valence-electron chi connectivity index (χ2n) is 11.2. The average Bonchev–Trinajstić information content (AvgIpc) is 3.56. The van der Waals surface area contributed by atoms with Crippen molar-refractivity contribution in [2.75, 3.05) is 4.90 Å². The molecule has 0 saturated heterocycles. The molecular weight excluding hydrogens is 558 g/mol. The van der Waals surface area contributed by atoms with Crippen molar-refractivity contribution < 1.29 is 15.4 Å². The highest BCUT2D eigenvalue weighted by molar-refractivity contribution is 6.19. The number of rotatable bonds is 5. The van der Waals surface area contributed by atoms with E-state index in [0.717, 1.165) is 39.0 Å². The van der Waals surface area contributed by atoms with Gasteiger partial charge in [0.1, 0.15) is 11.2 Å². The molecule has 0 atom stereocenters. The summed E-state index contributed by atoms with van der Waals surface area (Å²) in [5, 5.41) is 4.68. The van der Waals surface area contributed by atoms with Crippen molar-refractivity contribution in [1.29, 1.82) is 0 Å². The minimum absolute atomic E-state index is 0.149. The number of benzene rings is 8. The van der Waals surface area contributed by atoms with Crippen LogP contribution in [0.25, 0.3) is 65.7 Å². The quantitative estimate of drug-likeness (QED) is 0.197. The first-order valence-electron chi connectivity index (χ1n) is 19.0. The van der Waals surface area contributed by atoms with E-state index in [4.69, 9.17) is 15.4 Å². The summed E-state index contributed by atoms with van der Waals surface area (Å²) in [4.78, 5) is 2.10. The molecule has 0 bridgehead atoms. The van der Waals surface area contributed by atoms with Gasteiger partial charge in [0.05, 0.1) is 11.0 Å². The van der Waals surface area contributed by atoms with Crippen LogP contribution in [-0.4, -0.2) is 0 Å². The van der Waals surface area contributed by atoms with Crippen molar-refractivity contribution in [3.05, 3.63) is 176 Å². The van der Waals surface area contributed by atoms with Gasteiger partial charge >= 0.3 is 0 Å². The third-order valence-electron chi connectivity index (χ3n) is 8.45. The molecule has 0 aliphatic heterocycles. The van der Waals surface area contributed by atoms with E-state index in [9.17, 15) is 0 Å². The van der Waals surface area contributed by atoms with Crippen LogP contribution in [0.4, 0.5) is 17.1 Å². The fourth-order valence-electron chi connectivity index (χ4n) is 6.21. The topological polar surface area (TPSA) is 16.4 Å². The van der Waals surface area contributed by atoms with Gasteiger partial charge in [0.15, 0.2) is 0 Å². The van der Waals surface area contributed by atoms with Crippen molar-refractivity contribution in [2.45, 2.75) is 0 Å². The van der Waals surface area contributed by atoms with E-state index in [2.05, 4.69) is 29.2 Å². The molecule has 0 fully saturated rings. The Morgan fingerprint density at radius 1 is 0.413 bits per heavy atom. The van der Waals surface area contributed by atoms with E-state index in [1.54, 1.807) is 42.5 Å². The number of anilines is 3. The Hall–Kier alpha value is -6.12. The van der Waals surface area contributed by atoms with Crippen LogP contribution in [0.15, 0.2) is 180 Å². The summed E-state index contributed by atoms with van der Waals surface area (Å²) in [7, 11) is 0. The zero-order valence-corrected chi connectivity index (χ0v) is 24.5. The molecule has 9 rings (SSSR count). The molecule has 2 nitrogen and oxygen atoms in total. The van der Waals surface area contributed by atoms with Gasteiger partial charge in [-0.2, -0.15) is 0 Å². The maximum atomic E-state index is 9.11. The fourth-order valence-corrected chi connectivity index (χ4v) is 6.21. The molecule has 216 valence electrons. The van der Waals surface area contributed by atoms with Gasteiger partial charge < -0.3 is 9.32 Å². The number of para-hydroxylation sites is 1. The molecule has 1 aromatic heterocycles. The lowest BCUT2D eigenvalue weighted by Crippen LogP contribution is -2.09. The molecular formula is C44H29NO. The third-order valence-corrected chi connectivity index (χ3v) is 8.45. The van der Waals surface area contributed by atoms with Crippen molar-refractivity contribution >= 4 is 60.5 Å². The van der Waals surface area contributed by atoms with Gasteiger partial charge in [0, 0.05) is 27.8 Å². The van der Waals surface area contributed by atoms with E-state index in [0.29, 0.717) is 44.3 Å². The summed E-state index contributed by atoms with van der Waals surface area (Å²) in [6, 6.07) is 39.4. The predicted molar refractivity (Wildman–Crippen MR) is 194 cm³/mol. The normalized spacial score (nSPS) is 13.9. The molecule has 1 heterocycles. The maximum Gasteiger partial charge on any atom is 0.136 e. The molecule has 0 aliphatic rings. The Morgan fingerprint density at radius 2 is 1.11 bits per heavy atom. The summed E-state index contributed by atoms with van der Waals surface area (Å²) in [5.74, 6) is 0. The summed E-state index contributed by atoms with van der Waals surface area (Å²) < 4.78 is 73.7. The van der Waals surface area contributed by atoms with Gasteiger partial charge in [-0.3, -0.25) is 0 Å². The number of hydrogen-bond donors (Lipinski definition) is 0. The first-order valence-corrected chi connectivity index (χ1v) is 15.0. The van der Waals surface area contributed by atoms with Crippen molar-refractivity contribution in [3.63, 3.8) is 0 Å². The fraction of sp³-hybridized carbons (Fsp3) is 0. The van der Waals surface area contributed by atoms with Gasteiger partial charge in [-0.15, -0.1) is 0 Å². The molecule has 0 N–H and O–H groups in total. The molecule has 46 heavy (non-hydrogen) atoms. The predicted octanol–water partition coefficient (Wildman–Crippen LogP) is 12.7. The number of nitrogens with zero attached hydrogens (tertiary/aromatic N) is 1. The highest BCUT2D eigenvalue weighted by Gasteiger charge is 2.15. The Kier molecular flexibility index (Phi) is 4.53. The lowest BCUT2D eigenvalue weighted by Gasteiger charge is -2.26. The average molecular weight is 596 g/mol. The van der Waals surface area contributed by atoms with Crippen molar-refractivity contribution in [1.82, 2.24) is 0 Å². The maximum absolute atomic E-state index is 9.11. The summed E-state index contributed by atoms with van der Waals surface area (Å²) in [6.07, 6.45) is 0. The molecule has 0 radical (unpaired) electrons. The number of fused-ring (bicyclic) bond motifs is 6. The SMILES string of the molecule is [2H]c1c([2H])c([2H])c(-c2ccc(N(c3ccc(-c4cc([2H])c5c(c4)c([2H])cc4oc6cccc([2H])c6c45)cc3)c3ccc4ccccc4c3)cc2)c([2H])c1[2H]. The van der Waals surface area contributed by atoms with Gasteiger partial charge in [-0.05, 0) is 98.4 Å². The lowest BCUT2D eigenvalue weighted by molar-refractivity contribution is 0.669. The van der Waals surface area contributed by atoms with Crippen molar-refractivity contribution in [2.24, 2.45) is 0 Å². The third kappa shape index (κ3) is 4.51. The van der Waals surface area contributed by atoms with Crippen LogP contribution in [0.2, 0.25) is 0 Å². The standard InChI is InChI=1S/C44H29NO/c1-2-8-30(9-3-1)32-14-21-37(22-15-32)45(39-25-18-31-10-4-5-11-34(31)29-39)38-23-16-33(17-24-38)35-19-26-40-36(28-35)20-27-43-44(40)41-12-6-7-13-42(41)46-43/h1-29H/i1D,2D,3D,8D,9D,12D,20D,26D. The molecule has 0 aliphatic carbocycles. The van der Waals surface area contributed by atoms with Crippen LogP contribution in [-0.2, 0) is 0 Å². The molecule has 8 aromatic carbocycles. The van der Waals surface area contributed by atoms with Crippen LogP contribution >= 0.6 is 0 Å². The van der Waals surface area contributed by atoms with E-state index < -0.39 is 6.04 Å². The number of furan rings is 1. The largest absolute Gasteiger partial charge is 0.456 e. The highest BCUT2D eigenvalue weighted by Crippen LogP contribution is 2.39. The van der Waals surface area contributed by atoms with Gasteiger partial charge in [0.2, 0.25) is 0 Å². The van der Waals surface area contributed by atoms with Crippen LogP contribution < -0.4 is 4.90 Å². The van der Waals surface area contributed by atoms with Crippen LogP contribution in [0.5, 0.6) is 0 Å². The van der Waals surface area contributed by atoms with E-state index in [-0.39, 0.29) is 41.8 Å². The second-order valence-corrected chi connectivity index (χ2v) is 11.2. The smallest absolute Gasteiger partial charge is 0.136 e. The Labute approximate surface area is 278 Å². The first-order chi connectivity index (χ1) is 26.1. The van der Waals surface area contributed by atoms with E-state index in [1.165, 1.54) is 0 Å². The Bertz CT molecular complexity index is 2950. The Balaban J connectivity index is 1.15. The van der Waals surface area contributed by atoms with Gasteiger partial charge in [0.25, 0.3) is 0 Å². The van der Waals surface area contributed by atoms with E-state index >= 15 is 0 Å². The zero-order chi connectivity index (χ0) is 37.4. The summed E-state index contributed by atoms with van der Waals surface area (Å²) in [5.41, 5.74) is 5.92. The zero-order valence-electron chi connectivity index (χ0n) is 32.5. The molecule has 0 unspecified atom stereocenters. The minimum atomic E-state index is -0.425. The van der Waals surface area contributed by atoms with Crippen LogP contribution in [0, 0.1) is 0 Å². The van der Waals surface area contributed by atoms with E-state index in [1.807, 2.05) is 60.7 Å². The Morgan fingerprint density at radius 3 is 1.89 bits per heavy atom. The molecule has 0 saturated carbocycles. The molecule has 9 aromatic rings. The number of hydrogen-bond acceptors (Lipinski definition) is 2. The highest BCUT2D eigenvalue weighted by atomic mass is 16.3. The molecule has 2 heteroatoms.